The average molecular weight is 366 g/mol. The molecule has 0 saturated carbocycles. The summed E-state index contributed by atoms with van der Waals surface area (Å²) in [5.74, 6) is 0.00187. The minimum absolute atomic E-state index is 0.00187. The predicted molar refractivity (Wildman–Crippen MR) is 112 cm³/mol. The predicted octanol–water partition coefficient (Wildman–Crippen LogP) is 6.22. The number of ketones is 1. The Morgan fingerprint density at radius 1 is 1.00 bits per heavy atom. The van der Waals surface area contributed by atoms with Crippen molar-refractivity contribution in [1.82, 2.24) is 0 Å². The van der Waals surface area contributed by atoms with E-state index in [4.69, 9.17) is 0 Å². The van der Waals surface area contributed by atoms with Crippen LogP contribution >= 0.6 is 7.14 Å². The van der Waals surface area contributed by atoms with Crippen molar-refractivity contribution in [3.63, 3.8) is 0 Å². The van der Waals surface area contributed by atoms with E-state index in [1.54, 1.807) is 12.2 Å². The van der Waals surface area contributed by atoms with Gasteiger partial charge < -0.3 is 4.57 Å². The second-order valence-electron chi connectivity index (χ2n) is 6.94. The van der Waals surface area contributed by atoms with Crippen LogP contribution in [-0.4, -0.2) is 18.1 Å². The quantitative estimate of drug-likeness (QED) is 0.300. The number of carbonyl (C=O) groups is 1. The topological polar surface area (TPSA) is 34.1 Å². The summed E-state index contributed by atoms with van der Waals surface area (Å²) in [6.45, 7) is 11.6. The molecule has 2 rings (SSSR count). The lowest BCUT2D eigenvalue weighted by molar-refractivity contribution is 0.0968. The highest BCUT2D eigenvalue weighted by Gasteiger charge is 2.45. The number of benzene rings is 2. The second kappa shape index (κ2) is 8.47. The number of carbonyl (C=O) groups excluding carboxylic acids is 1. The lowest BCUT2D eigenvalue weighted by atomic mass is 9.91. The highest BCUT2D eigenvalue weighted by atomic mass is 31.2. The highest BCUT2D eigenvalue weighted by molar-refractivity contribution is 7.65. The Hall–Kier alpha value is -2.18. The fourth-order valence-corrected chi connectivity index (χ4v) is 6.17. The Morgan fingerprint density at radius 3 is 2.04 bits per heavy atom. The van der Waals surface area contributed by atoms with Gasteiger partial charge in [-0.25, -0.2) is 0 Å². The van der Waals surface area contributed by atoms with E-state index in [0.29, 0.717) is 17.9 Å². The Balaban J connectivity index is 2.55. The Kier molecular flexibility index (Phi) is 6.56. The van der Waals surface area contributed by atoms with Gasteiger partial charge in [0.1, 0.15) is 7.14 Å². The molecule has 0 bridgehead atoms. The number of hydrogen-bond acceptors (Lipinski definition) is 2. The van der Waals surface area contributed by atoms with E-state index >= 15 is 0 Å². The summed E-state index contributed by atoms with van der Waals surface area (Å²) in [6.07, 6.45) is 4.35. The van der Waals surface area contributed by atoms with Crippen LogP contribution in [0.2, 0.25) is 0 Å². The lowest BCUT2D eigenvalue weighted by Crippen LogP contribution is -2.28. The molecule has 1 atom stereocenters. The van der Waals surface area contributed by atoms with Crippen LogP contribution in [0.15, 0.2) is 79.9 Å². The Labute approximate surface area is 157 Å². The first kappa shape index (κ1) is 20.1. The van der Waals surface area contributed by atoms with Crippen molar-refractivity contribution in [2.24, 2.45) is 0 Å². The highest BCUT2D eigenvalue weighted by Crippen LogP contribution is 2.65. The fourth-order valence-electron chi connectivity index (χ4n) is 3.33. The van der Waals surface area contributed by atoms with Crippen LogP contribution in [-0.2, 0) is 9.72 Å². The molecule has 0 aromatic heterocycles. The molecular weight excluding hydrogens is 339 g/mol. The minimum atomic E-state index is -2.81. The maximum atomic E-state index is 14.0. The second-order valence-corrected chi connectivity index (χ2v) is 10.4. The summed E-state index contributed by atoms with van der Waals surface area (Å²) < 4.78 is 14.0. The third-order valence-electron chi connectivity index (χ3n) is 5.02. The molecule has 0 heterocycles. The number of allylic oxidation sites excluding steroid dienone is 2. The number of Topliss-reactive ketones (excluding diaryl/α,β-unsaturated/α-hetero) is 1. The first-order valence-electron chi connectivity index (χ1n) is 8.81. The number of rotatable bonds is 9. The SMILES string of the molecule is C=CCP(=O)(CC=C)[C@](C)(CC(=O)c1ccccc1)c1ccc(C)cc1. The van der Waals surface area contributed by atoms with E-state index in [-0.39, 0.29) is 12.2 Å². The van der Waals surface area contributed by atoms with Gasteiger partial charge in [-0.05, 0) is 19.4 Å². The van der Waals surface area contributed by atoms with E-state index in [1.807, 2.05) is 68.4 Å². The van der Waals surface area contributed by atoms with Crippen LogP contribution in [0.4, 0.5) is 0 Å². The van der Waals surface area contributed by atoms with E-state index in [0.717, 1.165) is 11.1 Å². The van der Waals surface area contributed by atoms with Gasteiger partial charge in [-0.3, -0.25) is 4.79 Å². The van der Waals surface area contributed by atoms with Gasteiger partial charge in [0.05, 0.1) is 5.16 Å². The van der Waals surface area contributed by atoms with Gasteiger partial charge in [0.2, 0.25) is 0 Å². The van der Waals surface area contributed by atoms with Crippen LogP contribution in [0.1, 0.15) is 34.8 Å². The van der Waals surface area contributed by atoms with Gasteiger partial charge in [0.25, 0.3) is 0 Å². The van der Waals surface area contributed by atoms with Crippen molar-refractivity contribution >= 4 is 12.9 Å². The zero-order chi connectivity index (χ0) is 19.2. The molecule has 0 aliphatic carbocycles. The normalized spacial score (nSPS) is 13.6. The number of hydrogen-bond donors (Lipinski definition) is 0. The van der Waals surface area contributed by atoms with Gasteiger partial charge in [-0.15, -0.1) is 13.2 Å². The molecule has 0 spiro atoms. The molecule has 0 radical (unpaired) electrons. The molecule has 2 aromatic carbocycles. The summed E-state index contributed by atoms with van der Waals surface area (Å²) in [4.78, 5) is 13.0. The van der Waals surface area contributed by atoms with Crippen LogP contribution in [0.5, 0.6) is 0 Å². The maximum Gasteiger partial charge on any atom is 0.164 e. The molecule has 3 heteroatoms. The first-order chi connectivity index (χ1) is 12.4. The van der Waals surface area contributed by atoms with Crippen molar-refractivity contribution in [2.75, 3.05) is 12.3 Å². The molecule has 0 N–H and O–H groups in total. The van der Waals surface area contributed by atoms with Crippen molar-refractivity contribution in [2.45, 2.75) is 25.4 Å². The molecule has 0 fully saturated rings. The number of aryl methyl sites for hydroxylation is 1. The average Bonchev–Trinajstić information content (AvgIpc) is 2.63. The van der Waals surface area contributed by atoms with Gasteiger partial charge in [-0.1, -0.05) is 72.3 Å². The molecule has 26 heavy (non-hydrogen) atoms. The van der Waals surface area contributed by atoms with Crippen molar-refractivity contribution in [3.8, 4) is 0 Å². The van der Waals surface area contributed by atoms with Gasteiger partial charge in [0.15, 0.2) is 5.78 Å². The van der Waals surface area contributed by atoms with Crippen LogP contribution in [0, 0.1) is 6.92 Å². The summed E-state index contributed by atoms with van der Waals surface area (Å²) in [7, 11) is -2.81. The van der Waals surface area contributed by atoms with Gasteiger partial charge in [-0.2, -0.15) is 0 Å². The fraction of sp³-hybridized carbons (Fsp3) is 0.261. The molecule has 0 aliphatic heterocycles. The largest absolute Gasteiger partial charge is 0.322 e. The van der Waals surface area contributed by atoms with Crippen molar-refractivity contribution < 1.29 is 9.36 Å². The van der Waals surface area contributed by atoms with Crippen molar-refractivity contribution in [3.05, 3.63) is 96.6 Å². The summed E-state index contributed by atoms with van der Waals surface area (Å²) in [5, 5.41) is -0.768. The zero-order valence-electron chi connectivity index (χ0n) is 15.7. The summed E-state index contributed by atoms with van der Waals surface area (Å²) >= 11 is 0. The maximum absolute atomic E-state index is 14.0. The summed E-state index contributed by atoms with van der Waals surface area (Å²) in [6, 6.07) is 17.2. The molecular formula is C23H27O2P. The lowest BCUT2D eigenvalue weighted by Gasteiger charge is -2.37. The molecule has 0 amide bonds. The van der Waals surface area contributed by atoms with Crippen LogP contribution < -0.4 is 0 Å². The molecule has 2 nitrogen and oxygen atoms in total. The first-order valence-corrected chi connectivity index (χ1v) is 10.9. The Bertz CT molecular complexity index is 807. The molecule has 136 valence electrons. The molecule has 0 unspecified atom stereocenters. The Morgan fingerprint density at radius 2 is 1.54 bits per heavy atom. The van der Waals surface area contributed by atoms with Gasteiger partial charge in [0, 0.05) is 24.3 Å². The third kappa shape index (κ3) is 4.14. The standard InChI is InChI=1S/C23H27O2P/c1-5-16-26(25,17-6-2)23(4,21-14-12-19(3)13-15-21)18-22(24)20-10-8-7-9-11-20/h5-15H,1-2,16-18H2,3-4H3/t23-/m1/s1. The monoisotopic (exact) mass is 366 g/mol. The van der Waals surface area contributed by atoms with E-state index in [2.05, 4.69) is 13.2 Å². The minimum Gasteiger partial charge on any atom is -0.322 e. The molecule has 2 aromatic rings. The zero-order valence-corrected chi connectivity index (χ0v) is 16.5. The van der Waals surface area contributed by atoms with E-state index < -0.39 is 12.3 Å². The van der Waals surface area contributed by atoms with Crippen LogP contribution in [0.3, 0.4) is 0 Å². The van der Waals surface area contributed by atoms with Crippen molar-refractivity contribution in [1.29, 1.82) is 0 Å². The van der Waals surface area contributed by atoms with E-state index in [1.165, 1.54) is 0 Å². The van der Waals surface area contributed by atoms with Gasteiger partial charge >= 0.3 is 0 Å². The van der Waals surface area contributed by atoms with E-state index in [9.17, 15) is 9.36 Å². The summed E-state index contributed by atoms with van der Waals surface area (Å²) in [5.41, 5.74) is 2.71. The smallest absolute Gasteiger partial charge is 0.164 e. The third-order valence-corrected chi connectivity index (χ3v) is 8.93. The molecule has 0 saturated heterocycles. The molecule has 0 aliphatic rings. The van der Waals surface area contributed by atoms with Crippen LogP contribution in [0.25, 0.3) is 0 Å².